The second kappa shape index (κ2) is 4.83. The van der Waals surface area contributed by atoms with Crippen molar-refractivity contribution >= 4 is 0 Å². The molecule has 3 N–H and O–H groups in total. The molecule has 0 saturated heterocycles. The summed E-state index contributed by atoms with van der Waals surface area (Å²) in [6.45, 7) is 2.26. The minimum absolute atomic E-state index is 0.482. The standard InChI is InChI=1S/C10H22N2/c1-3-10(12-2)8-4-6-9(11)7-5-8/h8-10,12H,3-7,11H2,1-2H3. The molecule has 0 bridgehead atoms. The molecule has 1 aliphatic carbocycles. The monoisotopic (exact) mass is 170 g/mol. The highest BCUT2D eigenvalue weighted by Crippen LogP contribution is 2.26. The lowest BCUT2D eigenvalue weighted by Crippen LogP contribution is -2.37. The van der Waals surface area contributed by atoms with Crippen LogP contribution in [0.3, 0.4) is 0 Å². The fourth-order valence-corrected chi connectivity index (χ4v) is 2.32. The van der Waals surface area contributed by atoms with Crippen molar-refractivity contribution in [3.63, 3.8) is 0 Å². The SMILES string of the molecule is CCC(NC)C1CCC(N)CC1. The fourth-order valence-electron chi connectivity index (χ4n) is 2.32. The molecule has 2 heteroatoms. The lowest BCUT2D eigenvalue weighted by Gasteiger charge is -2.31. The van der Waals surface area contributed by atoms with Crippen molar-refractivity contribution in [2.75, 3.05) is 7.05 Å². The van der Waals surface area contributed by atoms with Crippen molar-refractivity contribution < 1.29 is 0 Å². The van der Waals surface area contributed by atoms with Gasteiger partial charge in [-0.05, 0) is 45.1 Å². The van der Waals surface area contributed by atoms with Crippen LogP contribution in [0, 0.1) is 5.92 Å². The van der Waals surface area contributed by atoms with Crippen LogP contribution in [-0.4, -0.2) is 19.1 Å². The fraction of sp³-hybridized carbons (Fsp3) is 1.00. The van der Waals surface area contributed by atoms with E-state index in [0.29, 0.717) is 6.04 Å². The van der Waals surface area contributed by atoms with Gasteiger partial charge in [-0.25, -0.2) is 0 Å². The first-order chi connectivity index (χ1) is 5.77. The summed E-state index contributed by atoms with van der Waals surface area (Å²) in [5.74, 6) is 0.875. The molecular formula is C10H22N2. The second-order valence-electron chi connectivity index (χ2n) is 3.98. The molecule has 72 valence electrons. The molecule has 1 saturated carbocycles. The van der Waals surface area contributed by atoms with E-state index in [4.69, 9.17) is 5.73 Å². The number of rotatable bonds is 3. The summed E-state index contributed by atoms with van der Waals surface area (Å²) in [5, 5.41) is 3.40. The van der Waals surface area contributed by atoms with Crippen LogP contribution >= 0.6 is 0 Å². The van der Waals surface area contributed by atoms with Crippen LogP contribution in [0.2, 0.25) is 0 Å². The lowest BCUT2D eigenvalue weighted by atomic mass is 9.81. The summed E-state index contributed by atoms with van der Waals surface area (Å²) in [5.41, 5.74) is 5.86. The first-order valence-electron chi connectivity index (χ1n) is 5.20. The van der Waals surface area contributed by atoms with E-state index in [9.17, 15) is 0 Å². The number of nitrogens with two attached hydrogens (primary N) is 1. The van der Waals surface area contributed by atoms with E-state index < -0.39 is 0 Å². The van der Waals surface area contributed by atoms with Gasteiger partial charge in [0.05, 0.1) is 0 Å². The summed E-state index contributed by atoms with van der Waals surface area (Å²) in [4.78, 5) is 0. The zero-order valence-corrected chi connectivity index (χ0v) is 8.34. The minimum Gasteiger partial charge on any atom is -0.328 e. The van der Waals surface area contributed by atoms with Gasteiger partial charge in [-0.15, -0.1) is 0 Å². The molecule has 0 aromatic carbocycles. The molecule has 0 spiro atoms. The maximum absolute atomic E-state index is 5.86. The summed E-state index contributed by atoms with van der Waals surface area (Å²) in [6.07, 6.45) is 6.34. The highest BCUT2D eigenvalue weighted by molar-refractivity contribution is 4.81. The summed E-state index contributed by atoms with van der Waals surface area (Å²) in [7, 11) is 2.07. The first kappa shape index (κ1) is 10.0. The molecule has 2 nitrogen and oxygen atoms in total. The molecule has 1 aliphatic rings. The smallest absolute Gasteiger partial charge is 0.00897 e. The molecule has 0 amide bonds. The van der Waals surface area contributed by atoms with Gasteiger partial charge in [0.2, 0.25) is 0 Å². The lowest BCUT2D eigenvalue weighted by molar-refractivity contribution is 0.255. The summed E-state index contributed by atoms with van der Waals surface area (Å²) >= 11 is 0. The molecule has 1 atom stereocenters. The van der Waals surface area contributed by atoms with Crippen LogP contribution in [0.1, 0.15) is 39.0 Å². The van der Waals surface area contributed by atoms with Crippen molar-refractivity contribution in [3.05, 3.63) is 0 Å². The highest BCUT2D eigenvalue weighted by Gasteiger charge is 2.23. The van der Waals surface area contributed by atoms with Crippen molar-refractivity contribution in [1.29, 1.82) is 0 Å². The normalized spacial score (nSPS) is 33.2. The Morgan fingerprint density at radius 3 is 2.33 bits per heavy atom. The number of nitrogens with one attached hydrogen (secondary N) is 1. The molecule has 12 heavy (non-hydrogen) atoms. The minimum atomic E-state index is 0.482. The number of hydrogen-bond donors (Lipinski definition) is 2. The van der Waals surface area contributed by atoms with E-state index in [-0.39, 0.29) is 0 Å². The summed E-state index contributed by atoms with van der Waals surface area (Å²) in [6, 6.07) is 1.20. The van der Waals surface area contributed by atoms with Gasteiger partial charge < -0.3 is 11.1 Å². The third kappa shape index (κ3) is 2.46. The van der Waals surface area contributed by atoms with Gasteiger partial charge in [-0.1, -0.05) is 6.92 Å². The average Bonchev–Trinajstić information content (AvgIpc) is 2.10. The summed E-state index contributed by atoms with van der Waals surface area (Å²) < 4.78 is 0. The Labute approximate surface area is 75.9 Å². The highest BCUT2D eigenvalue weighted by atomic mass is 14.9. The molecular weight excluding hydrogens is 148 g/mol. The van der Waals surface area contributed by atoms with Crippen molar-refractivity contribution in [3.8, 4) is 0 Å². The number of hydrogen-bond acceptors (Lipinski definition) is 2. The molecule has 0 heterocycles. The van der Waals surface area contributed by atoms with E-state index >= 15 is 0 Å². The predicted molar refractivity (Wildman–Crippen MR) is 53.1 cm³/mol. The van der Waals surface area contributed by atoms with E-state index in [0.717, 1.165) is 12.0 Å². The Bertz CT molecular complexity index is 113. The van der Waals surface area contributed by atoms with Crippen LogP contribution in [0.4, 0.5) is 0 Å². The van der Waals surface area contributed by atoms with Crippen LogP contribution in [-0.2, 0) is 0 Å². The van der Waals surface area contributed by atoms with Crippen molar-refractivity contribution in [1.82, 2.24) is 5.32 Å². The molecule has 1 unspecified atom stereocenters. The molecule has 0 aromatic rings. The van der Waals surface area contributed by atoms with Crippen molar-refractivity contribution in [2.24, 2.45) is 11.7 Å². The maximum atomic E-state index is 5.86. The first-order valence-corrected chi connectivity index (χ1v) is 5.20. The van der Waals surface area contributed by atoms with Gasteiger partial charge in [0.15, 0.2) is 0 Å². The Balaban J connectivity index is 2.32. The molecule has 1 rings (SSSR count). The van der Waals surface area contributed by atoms with Crippen LogP contribution in [0.25, 0.3) is 0 Å². The largest absolute Gasteiger partial charge is 0.328 e. The molecule has 0 aliphatic heterocycles. The van der Waals surface area contributed by atoms with Gasteiger partial charge in [-0.3, -0.25) is 0 Å². The van der Waals surface area contributed by atoms with Crippen LogP contribution in [0.15, 0.2) is 0 Å². The quantitative estimate of drug-likeness (QED) is 0.673. The van der Waals surface area contributed by atoms with Gasteiger partial charge in [0.25, 0.3) is 0 Å². The van der Waals surface area contributed by atoms with Gasteiger partial charge in [-0.2, -0.15) is 0 Å². The Morgan fingerprint density at radius 1 is 1.33 bits per heavy atom. The third-order valence-electron chi connectivity index (χ3n) is 3.20. The molecule has 0 aromatic heterocycles. The van der Waals surface area contributed by atoms with E-state index in [1.807, 2.05) is 0 Å². The predicted octanol–water partition coefficient (Wildman–Crippen LogP) is 1.50. The van der Waals surface area contributed by atoms with Gasteiger partial charge >= 0.3 is 0 Å². The maximum Gasteiger partial charge on any atom is 0.00897 e. The Morgan fingerprint density at radius 2 is 1.92 bits per heavy atom. The molecule has 0 radical (unpaired) electrons. The Kier molecular flexibility index (Phi) is 4.02. The van der Waals surface area contributed by atoms with Crippen molar-refractivity contribution in [2.45, 2.75) is 51.1 Å². The zero-order chi connectivity index (χ0) is 8.97. The van der Waals surface area contributed by atoms with E-state index in [1.54, 1.807) is 0 Å². The van der Waals surface area contributed by atoms with Gasteiger partial charge in [0.1, 0.15) is 0 Å². The topological polar surface area (TPSA) is 38.0 Å². The third-order valence-corrected chi connectivity index (χ3v) is 3.20. The van der Waals surface area contributed by atoms with Crippen LogP contribution in [0.5, 0.6) is 0 Å². The van der Waals surface area contributed by atoms with Crippen LogP contribution < -0.4 is 11.1 Å². The van der Waals surface area contributed by atoms with E-state index in [2.05, 4.69) is 19.3 Å². The average molecular weight is 170 g/mol. The van der Waals surface area contributed by atoms with Gasteiger partial charge in [0, 0.05) is 12.1 Å². The zero-order valence-electron chi connectivity index (χ0n) is 8.34. The second-order valence-corrected chi connectivity index (χ2v) is 3.98. The molecule has 1 fully saturated rings. The van der Waals surface area contributed by atoms with E-state index in [1.165, 1.54) is 32.1 Å². The Hall–Kier alpha value is -0.0800.